The molecule has 1 aliphatic rings. The number of aryl methyl sites for hydroxylation is 2. The molecule has 2 aromatic rings. The quantitative estimate of drug-likeness (QED) is 0.880. The van der Waals surface area contributed by atoms with Gasteiger partial charge in [0.2, 0.25) is 0 Å². The van der Waals surface area contributed by atoms with Gasteiger partial charge >= 0.3 is 6.03 Å². The topological polar surface area (TPSA) is 70.4 Å². The summed E-state index contributed by atoms with van der Waals surface area (Å²) >= 11 is 0. The summed E-state index contributed by atoms with van der Waals surface area (Å²) < 4.78 is 19.0. The van der Waals surface area contributed by atoms with Gasteiger partial charge in [0.15, 0.2) is 0 Å². The third kappa shape index (κ3) is 3.92. The van der Waals surface area contributed by atoms with Crippen LogP contribution in [-0.2, 0) is 0 Å². The van der Waals surface area contributed by atoms with Crippen molar-refractivity contribution in [3.8, 4) is 0 Å². The van der Waals surface area contributed by atoms with Gasteiger partial charge in [-0.3, -0.25) is 0 Å². The molecule has 0 spiro atoms. The van der Waals surface area contributed by atoms with Gasteiger partial charge in [-0.05, 0) is 51.8 Å². The molecule has 3 rings (SSSR count). The van der Waals surface area contributed by atoms with Crippen molar-refractivity contribution in [2.75, 3.05) is 23.3 Å². The van der Waals surface area contributed by atoms with Gasteiger partial charge in [0.1, 0.15) is 11.6 Å². The Hall–Kier alpha value is -2.57. The summed E-state index contributed by atoms with van der Waals surface area (Å²) in [6.45, 7) is 7.32. The summed E-state index contributed by atoms with van der Waals surface area (Å²) in [5.74, 6) is 0.311. The third-order valence-corrected chi connectivity index (χ3v) is 4.48. The number of carbonyl (C=O) groups is 1. The van der Waals surface area contributed by atoms with Crippen LogP contribution in [0, 0.1) is 19.7 Å². The van der Waals surface area contributed by atoms with Crippen molar-refractivity contribution in [1.29, 1.82) is 0 Å². The highest BCUT2D eigenvalue weighted by atomic mass is 19.1. The second-order valence-electron chi connectivity index (χ2n) is 6.45. The molecule has 2 amide bonds. The molecule has 1 atom stereocenters. The van der Waals surface area contributed by atoms with E-state index in [9.17, 15) is 9.18 Å². The predicted molar refractivity (Wildman–Crippen MR) is 94.4 cm³/mol. The van der Waals surface area contributed by atoms with Crippen molar-refractivity contribution in [2.24, 2.45) is 0 Å². The van der Waals surface area contributed by atoms with Crippen molar-refractivity contribution in [3.05, 3.63) is 41.0 Å². The number of nitrogens with zero attached hydrogens (tertiary/aromatic N) is 2. The average molecular weight is 346 g/mol. The lowest BCUT2D eigenvalue weighted by Crippen LogP contribution is -2.31. The Morgan fingerprint density at radius 3 is 2.64 bits per heavy atom. The van der Waals surface area contributed by atoms with Crippen LogP contribution in [0.4, 0.5) is 20.6 Å². The van der Waals surface area contributed by atoms with E-state index in [1.54, 1.807) is 13.0 Å². The van der Waals surface area contributed by atoms with Crippen LogP contribution in [0.3, 0.4) is 0 Å². The molecule has 1 saturated heterocycles. The number of amides is 2. The van der Waals surface area contributed by atoms with E-state index in [-0.39, 0.29) is 11.9 Å². The van der Waals surface area contributed by atoms with Gasteiger partial charge in [-0.2, -0.15) is 0 Å². The third-order valence-electron chi connectivity index (χ3n) is 4.48. The van der Waals surface area contributed by atoms with Gasteiger partial charge in [-0.25, -0.2) is 9.18 Å². The maximum Gasteiger partial charge on any atom is 0.319 e. The Kier molecular flexibility index (Phi) is 4.92. The minimum atomic E-state index is -0.398. The molecule has 0 saturated carbocycles. The number of urea groups is 1. The first-order valence-electron chi connectivity index (χ1n) is 8.50. The molecule has 2 N–H and O–H groups in total. The number of carbonyl (C=O) groups excluding carboxylic acids is 1. The fourth-order valence-electron chi connectivity index (χ4n) is 3.35. The van der Waals surface area contributed by atoms with E-state index < -0.39 is 6.03 Å². The second kappa shape index (κ2) is 7.13. The largest absolute Gasteiger partial charge is 0.371 e. The maximum absolute atomic E-state index is 13.9. The summed E-state index contributed by atoms with van der Waals surface area (Å²) in [6, 6.07) is 3.96. The first-order chi connectivity index (χ1) is 11.9. The van der Waals surface area contributed by atoms with Crippen molar-refractivity contribution in [3.63, 3.8) is 0 Å². The smallest absolute Gasteiger partial charge is 0.319 e. The molecule has 0 aliphatic carbocycles. The fourth-order valence-corrected chi connectivity index (χ4v) is 3.35. The summed E-state index contributed by atoms with van der Waals surface area (Å²) in [7, 11) is 0. The first kappa shape index (κ1) is 17.3. The molecular formula is C18H23FN4O2. The Labute approximate surface area is 146 Å². The van der Waals surface area contributed by atoms with Gasteiger partial charge in [0.25, 0.3) is 0 Å². The summed E-state index contributed by atoms with van der Waals surface area (Å²) in [4.78, 5) is 14.4. The summed E-state index contributed by atoms with van der Waals surface area (Å²) in [5.41, 5.74) is 2.83. The van der Waals surface area contributed by atoms with E-state index in [1.807, 2.05) is 13.8 Å². The zero-order valence-corrected chi connectivity index (χ0v) is 14.7. The van der Waals surface area contributed by atoms with Crippen LogP contribution in [0.1, 0.15) is 42.8 Å². The predicted octanol–water partition coefficient (Wildman–Crippen LogP) is 3.91. The minimum Gasteiger partial charge on any atom is -0.371 e. The normalized spacial score (nSPS) is 15.3. The number of halogens is 1. The van der Waals surface area contributed by atoms with Gasteiger partial charge < -0.3 is 20.1 Å². The molecule has 0 bridgehead atoms. The van der Waals surface area contributed by atoms with E-state index in [4.69, 9.17) is 4.52 Å². The van der Waals surface area contributed by atoms with Gasteiger partial charge in [-0.1, -0.05) is 5.16 Å². The molecule has 2 heterocycles. The Morgan fingerprint density at radius 2 is 2.00 bits per heavy atom. The minimum absolute atomic E-state index is 0.266. The Bertz CT molecular complexity index is 749. The lowest BCUT2D eigenvalue weighted by atomic mass is 10.1. The van der Waals surface area contributed by atoms with E-state index in [1.165, 1.54) is 12.1 Å². The molecule has 25 heavy (non-hydrogen) atoms. The lowest BCUT2D eigenvalue weighted by molar-refractivity contribution is 0.249. The van der Waals surface area contributed by atoms with E-state index in [0.717, 1.165) is 42.9 Å². The van der Waals surface area contributed by atoms with Crippen molar-refractivity contribution >= 4 is 17.4 Å². The van der Waals surface area contributed by atoms with Crippen LogP contribution in [0.15, 0.2) is 22.7 Å². The monoisotopic (exact) mass is 346 g/mol. The number of benzene rings is 1. The first-order valence-corrected chi connectivity index (χ1v) is 8.50. The van der Waals surface area contributed by atoms with Crippen molar-refractivity contribution in [1.82, 2.24) is 10.5 Å². The highest BCUT2D eigenvalue weighted by Crippen LogP contribution is 2.25. The second-order valence-corrected chi connectivity index (χ2v) is 6.45. The highest BCUT2D eigenvalue weighted by molar-refractivity contribution is 5.90. The number of anilines is 2. The zero-order valence-electron chi connectivity index (χ0n) is 14.7. The van der Waals surface area contributed by atoms with Crippen molar-refractivity contribution < 1.29 is 13.7 Å². The lowest BCUT2D eigenvalue weighted by Gasteiger charge is -2.19. The molecule has 0 radical (unpaired) electrons. The molecule has 0 unspecified atom stereocenters. The van der Waals surface area contributed by atoms with Crippen LogP contribution in [0.25, 0.3) is 0 Å². The van der Waals surface area contributed by atoms with Gasteiger partial charge in [0.05, 0.1) is 11.7 Å². The van der Waals surface area contributed by atoms with E-state index >= 15 is 0 Å². The summed E-state index contributed by atoms with van der Waals surface area (Å²) in [5, 5.41) is 9.44. The molecule has 7 heteroatoms. The zero-order chi connectivity index (χ0) is 18.0. The molecular weight excluding hydrogens is 323 g/mol. The number of hydrogen-bond donors (Lipinski definition) is 2. The number of hydrogen-bond acceptors (Lipinski definition) is 4. The Morgan fingerprint density at radius 1 is 1.28 bits per heavy atom. The number of rotatable bonds is 4. The van der Waals surface area contributed by atoms with Gasteiger partial charge in [-0.15, -0.1) is 0 Å². The molecule has 1 fully saturated rings. The van der Waals surface area contributed by atoms with Crippen LogP contribution in [-0.4, -0.2) is 24.3 Å². The molecule has 6 nitrogen and oxygen atoms in total. The highest BCUT2D eigenvalue weighted by Gasteiger charge is 2.19. The summed E-state index contributed by atoms with van der Waals surface area (Å²) in [6.07, 6.45) is 2.21. The molecule has 1 aromatic heterocycles. The van der Waals surface area contributed by atoms with E-state index in [0.29, 0.717) is 11.4 Å². The van der Waals surface area contributed by atoms with Crippen molar-refractivity contribution in [2.45, 2.75) is 39.7 Å². The van der Waals surface area contributed by atoms with Crippen LogP contribution >= 0.6 is 0 Å². The fraction of sp³-hybridized carbons (Fsp3) is 0.444. The molecule has 1 aliphatic heterocycles. The molecule has 134 valence electrons. The average Bonchev–Trinajstić information content (AvgIpc) is 3.16. The number of aromatic nitrogens is 1. The van der Waals surface area contributed by atoms with Gasteiger partial charge in [0, 0.05) is 30.0 Å². The van der Waals surface area contributed by atoms with Crippen LogP contribution in [0.2, 0.25) is 0 Å². The standard InChI is InChI=1S/C18H23FN4O2/c1-11(17-12(2)22-25-13(17)3)20-18(24)21-15-8-14(19)9-16(10-15)23-6-4-5-7-23/h8-11H,4-7H2,1-3H3,(H2,20,21,24)/t11-/m1/s1. The van der Waals surface area contributed by atoms with E-state index in [2.05, 4.69) is 20.7 Å². The SMILES string of the molecule is Cc1noc(C)c1[C@@H](C)NC(=O)Nc1cc(F)cc(N2CCCC2)c1. The van der Waals surface area contributed by atoms with Crippen LogP contribution < -0.4 is 15.5 Å². The van der Waals surface area contributed by atoms with Crippen LogP contribution in [0.5, 0.6) is 0 Å². The Balaban J connectivity index is 1.68. The number of nitrogens with one attached hydrogen (secondary N) is 2. The molecule has 1 aromatic carbocycles. The maximum atomic E-state index is 13.9.